The van der Waals surface area contributed by atoms with Crippen LogP contribution in [0.15, 0.2) is 58.6 Å². The average Bonchev–Trinajstić information content (AvgIpc) is 3.01. The lowest BCUT2D eigenvalue weighted by Crippen LogP contribution is -2.35. The summed E-state index contributed by atoms with van der Waals surface area (Å²) >= 11 is 3.47. The number of hydrogen-bond acceptors (Lipinski definition) is 5. The lowest BCUT2D eigenvalue weighted by atomic mass is 9.95. The van der Waals surface area contributed by atoms with Crippen molar-refractivity contribution < 1.29 is 19.4 Å². The molecular weight excluding hydrogens is 472 g/mol. The number of ether oxygens (including phenoxy) is 1. The molecule has 1 fully saturated rings. The number of amides is 1. The summed E-state index contributed by atoms with van der Waals surface area (Å²) in [5, 5.41) is 11.1. The molecule has 1 saturated heterocycles. The molecule has 0 saturated carbocycles. The Kier molecular flexibility index (Phi) is 7.74. The van der Waals surface area contributed by atoms with Gasteiger partial charge in [0.05, 0.1) is 18.2 Å². The van der Waals surface area contributed by atoms with Gasteiger partial charge in [0, 0.05) is 23.1 Å². The number of halogens is 1. The Morgan fingerprint density at radius 1 is 1.16 bits per heavy atom. The molecule has 0 radical (unpaired) electrons. The van der Waals surface area contributed by atoms with E-state index in [1.807, 2.05) is 43.3 Å². The Morgan fingerprint density at radius 3 is 2.44 bits per heavy atom. The van der Waals surface area contributed by atoms with Crippen molar-refractivity contribution in [3.63, 3.8) is 0 Å². The van der Waals surface area contributed by atoms with E-state index in [0.29, 0.717) is 36.9 Å². The van der Waals surface area contributed by atoms with Crippen LogP contribution < -0.4 is 4.74 Å². The Hall–Kier alpha value is -2.64. The molecule has 0 spiro atoms. The number of likely N-dealkylation sites (N-methyl/N-ethyl adjacent to an activating group) is 1. The highest BCUT2D eigenvalue weighted by Gasteiger charge is 2.45. The molecule has 2 aromatic rings. The van der Waals surface area contributed by atoms with Crippen LogP contribution in [0, 0.1) is 5.92 Å². The van der Waals surface area contributed by atoms with Gasteiger partial charge in [-0.1, -0.05) is 41.9 Å². The van der Waals surface area contributed by atoms with Gasteiger partial charge in [-0.05, 0) is 62.0 Å². The van der Waals surface area contributed by atoms with Crippen LogP contribution in [-0.4, -0.2) is 60.4 Å². The maximum absolute atomic E-state index is 13.0. The number of aliphatic hydroxyl groups is 1. The number of aliphatic hydroxyl groups excluding tert-OH is 1. The molecule has 32 heavy (non-hydrogen) atoms. The molecule has 0 bridgehead atoms. The number of hydrogen-bond donors (Lipinski definition) is 1. The Morgan fingerprint density at radius 2 is 1.84 bits per heavy atom. The topological polar surface area (TPSA) is 70.1 Å². The first-order valence-electron chi connectivity index (χ1n) is 10.6. The summed E-state index contributed by atoms with van der Waals surface area (Å²) in [5.41, 5.74) is 1.32. The van der Waals surface area contributed by atoms with Crippen molar-refractivity contribution in [2.45, 2.75) is 19.9 Å². The second-order valence-corrected chi connectivity index (χ2v) is 9.50. The summed E-state index contributed by atoms with van der Waals surface area (Å²) < 4.78 is 6.54. The van der Waals surface area contributed by atoms with Crippen LogP contribution in [0.1, 0.15) is 31.0 Å². The number of ketones is 1. The molecule has 1 amide bonds. The lowest BCUT2D eigenvalue weighted by molar-refractivity contribution is -0.140. The van der Waals surface area contributed by atoms with Gasteiger partial charge in [-0.15, -0.1) is 0 Å². The molecule has 7 heteroatoms. The van der Waals surface area contributed by atoms with Crippen molar-refractivity contribution in [2.24, 2.45) is 5.92 Å². The smallest absolute Gasteiger partial charge is 0.295 e. The molecule has 170 valence electrons. The predicted octanol–water partition coefficient (Wildman–Crippen LogP) is 4.47. The fourth-order valence-corrected chi connectivity index (χ4v) is 3.99. The molecule has 0 aromatic heterocycles. The van der Waals surface area contributed by atoms with Gasteiger partial charge in [-0.25, -0.2) is 0 Å². The highest BCUT2D eigenvalue weighted by Crippen LogP contribution is 2.40. The zero-order chi connectivity index (χ0) is 23.4. The third kappa shape index (κ3) is 5.40. The van der Waals surface area contributed by atoms with Crippen LogP contribution in [0.4, 0.5) is 0 Å². The largest absolute Gasteiger partial charge is 0.507 e. The second kappa shape index (κ2) is 10.3. The standard InChI is InChI=1S/C25H29BrN2O4/c1-16(2)15-32-20-10-8-17(9-11-20)23(29)21-22(18-6-5-7-19(26)14-18)28(13-12-27(3)4)25(31)24(21)30/h5-11,14,16,22,29H,12-13,15H2,1-4H3/b23-21+/t22-/m0/s1. The van der Waals surface area contributed by atoms with Gasteiger partial charge >= 0.3 is 0 Å². The zero-order valence-electron chi connectivity index (χ0n) is 18.8. The van der Waals surface area contributed by atoms with E-state index in [1.165, 1.54) is 4.90 Å². The molecule has 6 nitrogen and oxygen atoms in total. The van der Waals surface area contributed by atoms with E-state index in [2.05, 4.69) is 29.8 Å². The molecule has 1 aliphatic heterocycles. The number of nitrogens with zero attached hydrogens (tertiary/aromatic N) is 2. The third-order valence-corrected chi connectivity index (χ3v) is 5.70. The van der Waals surface area contributed by atoms with Crippen LogP contribution in [0.2, 0.25) is 0 Å². The number of rotatable bonds is 8. The van der Waals surface area contributed by atoms with Crippen LogP contribution in [0.5, 0.6) is 5.75 Å². The first-order valence-corrected chi connectivity index (χ1v) is 11.4. The summed E-state index contributed by atoms with van der Waals surface area (Å²) in [6, 6.07) is 13.7. The highest BCUT2D eigenvalue weighted by atomic mass is 79.9. The van der Waals surface area contributed by atoms with Crippen molar-refractivity contribution in [2.75, 3.05) is 33.8 Å². The monoisotopic (exact) mass is 500 g/mol. The third-order valence-electron chi connectivity index (χ3n) is 5.20. The maximum Gasteiger partial charge on any atom is 0.295 e. The van der Waals surface area contributed by atoms with E-state index in [9.17, 15) is 14.7 Å². The van der Waals surface area contributed by atoms with Gasteiger partial charge in [0.15, 0.2) is 0 Å². The van der Waals surface area contributed by atoms with E-state index in [0.717, 1.165) is 10.0 Å². The average molecular weight is 501 g/mol. The first-order chi connectivity index (χ1) is 15.2. The van der Waals surface area contributed by atoms with Crippen molar-refractivity contribution >= 4 is 33.4 Å². The highest BCUT2D eigenvalue weighted by molar-refractivity contribution is 9.10. The maximum atomic E-state index is 13.0. The summed E-state index contributed by atoms with van der Waals surface area (Å²) in [4.78, 5) is 29.4. The van der Waals surface area contributed by atoms with Gasteiger partial charge in [0.25, 0.3) is 11.7 Å². The summed E-state index contributed by atoms with van der Waals surface area (Å²) in [7, 11) is 3.82. The summed E-state index contributed by atoms with van der Waals surface area (Å²) in [5.74, 6) is -0.380. The summed E-state index contributed by atoms with van der Waals surface area (Å²) in [6.07, 6.45) is 0. The molecular formula is C25H29BrN2O4. The van der Waals surface area contributed by atoms with Crippen molar-refractivity contribution in [1.29, 1.82) is 0 Å². The van der Waals surface area contributed by atoms with Gasteiger partial charge in [-0.2, -0.15) is 0 Å². The first kappa shape index (κ1) is 24.0. The predicted molar refractivity (Wildman–Crippen MR) is 128 cm³/mol. The van der Waals surface area contributed by atoms with E-state index < -0.39 is 17.7 Å². The van der Waals surface area contributed by atoms with Crippen molar-refractivity contribution in [3.8, 4) is 5.75 Å². The molecule has 1 aliphatic rings. The van der Waals surface area contributed by atoms with Gasteiger partial charge in [0.2, 0.25) is 0 Å². The fourth-order valence-electron chi connectivity index (χ4n) is 3.57. The minimum absolute atomic E-state index is 0.0997. The number of benzene rings is 2. The van der Waals surface area contributed by atoms with Gasteiger partial charge in [-0.3, -0.25) is 9.59 Å². The number of Topliss-reactive ketones (excluding diaryl/α,β-unsaturated/α-hetero) is 1. The van der Waals surface area contributed by atoms with Crippen LogP contribution in [0.3, 0.4) is 0 Å². The molecule has 1 atom stereocenters. The Balaban J connectivity index is 2.03. The number of likely N-dealkylation sites (tertiary alicyclic amines) is 1. The minimum atomic E-state index is -0.675. The molecule has 2 aromatic carbocycles. The minimum Gasteiger partial charge on any atom is -0.507 e. The summed E-state index contributed by atoms with van der Waals surface area (Å²) in [6.45, 7) is 5.69. The van der Waals surface area contributed by atoms with E-state index in [-0.39, 0.29) is 11.3 Å². The van der Waals surface area contributed by atoms with Crippen LogP contribution in [-0.2, 0) is 9.59 Å². The molecule has 1 heterocycles. The zero-order valence-corrected chi connectivity index (χ0v) is 20.4. The SMILES string of the molecule is CC(C)COc1ccc(/C(O)=C2\C(=O)C(=O)N(CCN(C)C)[C@H]2c2cccc(Br)c2)cc1. The molecule has 3 rings (SSSR count). The normalized spacial score (nSPS) is 18.1. The molecule has 1 N–H and O–H groups in total. The second-order valence-electron chi connectivity index (χ2n) is 8.58. The van der Waals surface area contributed by atoms with Crippen molar-refractivity contribution in [1.82, 2.24) is 9.80 Å². The Bertz CT molecular complexity index is 1010. The van der Waals surface area contributed by atoms with Crippen molar-refractivity contribution in [3.05, 3.63) is 69.7 Å². The van der Waals surface area contributed by atoms with E-state index >= 15 is 0 Å². The molecule has 0 unspecified atom stereocenters. The quantitative estimate of drug-likeness (QED) is 0.329. The van der Waals surface area contributed by atoms with Crippen LogP contribution >= 0.6 is 15.9 Å². The number of carbonyl (C=O) groups is 2. The fraction of sp³-hybridized carbons (Fsp3) is 0.360. The lowest BCUT2D eigenvalue weighted by Gasteiger charge is -2.26. The van der Waals surface area contributed by atoms with Gasteiger partial charge in [0.1, 0.15) is 11.5 Å². The van der Waals surface area contributed by atoms with Crippen LogP contribution in [0.25, 0.3) is 5.76 Å². The Labute approximate surface area is 197 Å². The molecule has 0 aliphatic carbocycles. The van der Waals surface area contributed by atoms with E-state index in [1.54, 1.807) is 24.3 Å². The number of carbonyl (C=O) groups excluding carboxylic acids is 2. The van der Waals surface area contributed by atoms with E-state index in [4.69, 9.17) is 4.74 Å². The van der Waals surface area contributed by atoms with Gasteiger partial charge < -0.3 is 19.6 Å².